The quantitative estimate of drug-likeness (QED) is 0.278. The van der Waals surface area contributed by atoms with E-state index in [9.17, 15) is 14.9 Å². The molecule has 0 spiro atoms. The highest BCUT2D eigenvalue weighted by molar-refractivity contribution is 7.80. The number of hydrogen-bond donors (Lipinski definition) is 2. The van der Waals surface area contributed by atoms with Crippen molar-refractivity contribution in [1.29, 1.82) is 0 Å². The van der Waals surface area contributed by atoms with Crippen molar-refractivity contribution in [3.63, 3.8) is 0 Å². The molecule has 1 amide bonds. The Bertz CT molecular complexity index is 1300. The summed E-state index contributed by atoms with van der Waals surface area (Å²) in [5.74, 6) is -0.139. The summed E-state index contributed by atoms with van der Waals surface area (Å²) in [4.78, 5) is 31.6. The molecule has 2 aromatic carbocycles. The van der Waals surface area contributed by atoms with Gasteiger partial charge in [-0.25, -0.2) is 4.98 Å². The molecule has 0 radical (unpaired) electrons. The summed E-state index contributed by atoms with van der Waals surface area (Å²) >= 11 is 5.23. The summed E-state index contributed by atoms with van der Waals surface area (Å²) in [6.07, 6.45) is 1.64. The third-order valence-corrected chi connectivity index (χ3v) is 4.71. The molecule has 0 unspecified atom stereocenters. The monoisotopic (exact) mass is 433 g/mol. The minimum atomic E-state index is -0.542. The number of aromatic nitrogens is 2. The molecule has 4 aromatic rings. The number of hydrogen-bond acceptors (Lipinski definition) is 7. The van der Waals surface area contributed by atoms with Gasteiger partial charge in [0.15, 0.2) is 16.3 Å². The average Bonchev–Trinajstić information content (AvgIpc) is 3.18. The number of nitro benzene ring substituents is 1. The number of benzene rings is 2. The highest BCUT2D eigenvalue weighted by Crippen LogP contribution is 2.25. The number of nitrogens with zero attached hydrogens (tertiary/aromatic N) is 3. The van der Waals surface area contributed by atoms with Crippen molar-refractivity contribution in [2.45, 2.75) is 6.92 Å². The Hall–Kier alpha value is -4.18. The second-order valence-corrected chi connectivity index (χ2v) is 6.95. The Morgan fingerprint density at radius 3 is 2.74 bits per heavy atom. The number of anilines is 1. The largest absolute Gasteiger partial charge is 0.434 e. The Morgan fingerprint density at radius 1 is 1.16 bits per heavy atom. The van der Waals surface area contributed by atoms with E-state index in [-0.39, 0.29) is 21.9 Å². The van der Waals surface area contributed by atoms with Crippen molar-refractivity contribution in [3.8, 4) is 11.5 Å². The molecule has 4 rings (SSSR count). The van der Waals surface area contributed by atoms with Crippen LogP contribution >= 0.6 is 12.2 Å². The zero-order valence-electron chi connectivity index (χ0n) is 16.2. The van der Waals surface area contributed by atoms with Crippen LogP contribution in [0.5, 0.6) is 0 Å². The number of carbonyl (C=O) groups is 1. The van der Waals surface area contributed by atoms with Crippen LogP contribution in [0.1, 0.15) is 15.9 Å². The van der Waals surface area contributed by atoms with Gasteiger partial charge in [-0.15, -0.1) is 0 Å². The van der Waals surface area contributed by atoms with Crippen molar-refractivity contribution >= 4 is 45.8 Å². The first-order valence-electron chi connectivity index (χ1n) is 9.10. The highest BCUT2D eigenvalue weighted by Gasteiger charge is 2.18. The molecule has 0 aliphatic rings. The number of nitro groups is 1. The standard InChI is InChI=1S/C21H15N5O4S/c1-12-15(7-3-8-16(12)26(28)29)19(27)25-21(31)23-14-6-2-5-13(11-14)20-24-18-17(30-20)9-4-10-22-18/h2-11H,1H3,(H2,23,25,27,31). The third kappa shape index (κ3) is 4.23. The van der Waals surface area contributed by atoms with Gasteiger partial charge in [0.05, 0.1) is 4.92 Å². The number of nitrogens with one attached hydrogen (secondary N) is 2. The number of fused-ring (bicyclic) bond motifs is 1. The molecule has 0 aliphatic heterocycles. The molecular weight excluding hydrogens is 418 g/mol. The number of thiocarbonyl (C=S) groups is 1. The zero-order valence-corrected chi connectivity index (χ0v) is 17.0. The Kier molecular flexibility index (Phi) is 5.37. The van der Waals surface area contributed by atoms with Crippen LogP contribution in [0.25, 0.3) is 22.7 Å². The van der Waals surface area contributed by atoms with Gasteiger partial charge in [-0.1, -0.05) is 12.1 Å². The first-order chi connectivity index (χ1) is 14.9. The SMILES string of the molecule is Cc1c(C(=O)NC(=S)Nc2cccc(-c3nc4ncccc4o3)c2)cccc1[N+](=O)[O-]. The molecule has 0 aliphatic carbocycles. The Morgan fingerprint density at radius 2 is 1.97 bits per heavy atom. The van der Waals surface area contributed by atoms with Gasteiger partial charge < -0.3 is 9.73 Å². The average molecular weight is 433 g/mol. The molecule has 9 nitrogen and oxygen atoms in total. The second-order valence-electron chi connectivity index (χ2n) is 6.54. The summed E-state index contributed by atoms with van der Waals surface area (Å²) in [6, 6.07) is 15.0. The summed E-state index contributed by atoms with van der Waals surface area (Å²) < 4.78 is 5.72. The maximum Gasteiger partial charge on any atom is 0.273 e. The molecule has 0 fully saturated rings. The van der Waals surface area contributed by atoms with Gasteiger partial charge in [0.1, 0.15) is 0 Å². The van der Waals surface area contributed by atoms with Crippen LogP contribution in [0.2, 0.25) is 0 Å². The van der Waals surface area contributed by atoms with Crippen LogP contribution in [0.4, 0.5) is 11.4 Å². The van der Waals surface area contributed by atoms with Crippen molar-refractivity contribution in [2.75, 3.05) is 5.32 Å². The van der Waals surface area contributed by atoms with E-state index in [1.807, 2.05) is 6.07 Å². The first kappa shape index (κ1) is 20.1. The van der Waals surface area contributed by atoms with Crippen LogP contribution in [0, 0.1) is 17.0 Å². The van der Waals surface area contributed by atoms with Gasteiger partial charge >= 0.3 is 0 Å². The Balaban J connectivity index is 1.49. The fourth-order valence-electron chi connectivity index (χ4n) is 3.02. The van der Waals surface area contributed by atoms with Crippen LogP contribution in [-0.4, -0.2) is 25.9 Å². The first-order valence-corrected chi connectivity index (χ1v) is 9.51. The lowest BCUT2D eigenvalue weighted by Crippen LogP contribution is -2.34. The van der Waals surface area contributed by atoms with E-state index >= 15 is 0 Å². The summed E-state index contributed by atoms with van der Waals surface area (Å²) in [5, 5.41) is 16.6. The smallest absolute Gasteiger partial charge is 0.273 e. The van der Waals surface area contributed by atoms with Crippen LogP contribution < -0.4 is 10.6 Å². The van der Waals surface area contributed by atoms with E-state index in [2.05, 4.69) is 20.6 Å². The molecule has 0 saturated carbocycles. The molecule has 2 aromatic heterocycles. The second kappa shape index (κ2) is 8.28. The molecule has 154 valence electrons. The normalized spacial score (nSPS) is 10.6. The summed E-state index contributed by atoms with van der Waals surface area (Å²) in [6.45, 7) is 1.52. The number of oxazole rings is 1. The summed E-state index contributed by atoms with van der Waals surface area (Å²) in [5.41, 5.74) is 2.69. The van der Waals surface area contributed by atoms with Gasteiger partial charge in [0, 0.05) is 34.6 Å². The third-order valence-electron chi connectivity index (χ3n) is 4.51. The molecule has 10 heteroatoms. The fourth-order valence-corrected chi connectivity index (χ4v) is 3.23. The zero-order chi connectivity index (χ0) is 22.0. The maximum absolute atomic E-state index is 12.5. The maximum atomic E-state index is 12.5. The lowest BCUT2D eigenvalue weighted by atomic mass is 10.1. The van der Waals surface area contributed by atoms with E-state index in [0.29, 0.717) is 28.4 Å². The lowest BCUT2D eigenvalue weighted by Gasteiger charge is -2.11. The molecule has 0 bridgehead atoms. The molecular formula is C21H15N5O4S. The predicted octanol–water partition coefficient (Wildman–Crippen LogP) is 4.23. The van der Waals surface area contributed by atoms with Crippen molar-refractivity contribution in [2.24, 2.45) is 0 Å². The minimum Gasteiger partial charge on any atom is -0.434 e. The van der Waals surface area contributed by atoms with Crippen LogP contribution in [-0.2, 0) is 0 Å². The van der Waals surface area contributed by atoms with Gasteiger partial charge in [0.25, 0.3) is 11.6 Å². The topological polar surface area (TPSA) is 123 Å². The number of pyridine rings is 1. The van der Waals surface area contributed by atoms with Crippen molar-refractivity contribution in [1.82, 2.24) is 15.3 Å². The van der Waals surface area contributed by atoms with Gasteiger partial charge in [-0.3, -0.25) is 20.2 Å². The predicted molar refractivity (Wildman–Crippen MR) is 119 cm³/mol. The lowest BCUT2D eigenvalue weighted by molar-refractivity contribution is -0.385. The van der Waals surface area contributed by atoms with Crippen molar-refractivity contribution in [3.05, 3.63) is 82.0 Å². The minimum absolute atomic E-state index is 0.0484. The Labute approximate surface area is 181 Å². The number of amides is 1. The molecule has 2 N–H and O–H groups in total. The highest BCUT2D eigenvalue weighted by atomic mass is 32.1. The molecule has 0 saturated heterocycles. The van der Waals surface area contributed by atoms with E-state index in [4.69, 9.17) is 16.6 Å². The van der Waals surface area contributed by atoms with E-state index in [1.165, 1.54) is 25.1 Å². The van der Waals surface area contributed by atoms with Gasteiger partial charge in [-0.05, 0) is 55.5 Å². The number of carbonyl (C=O) groups excluding carboxylic acids is 1. The van der Waals surface area contributed by atoms with E-state index < -0.39 is 10.8 Å². The van der Waals surface area contributed by atoms with Crippen LogP contribution in [0.3, 0.4) is 0 Å². The number of rotatable bonds is 4. The fraction of sp³-hybridized carbons (Fsp3) is 0.0476. The van der Waals surface area contributed by atoms with Crippen LogP contribution in [0.15, 0.2) is 65.2 Å². The van der Waals surface area contributed by atoms with Gasteiger partial charge in [0.2, 0.25) is 5.89 Å². The van der Waals surface area contributed by atoms with Crippen molar-refractivity contribution < 1.29 is 14.1 Å². The summed E-state index contributed by atoms with van der Waals surface area (Å²) in [7, 11) is 0. The molecule has 2 heterocycles. The van der Waals surface area contributed by atoms with E-state index in [0.717, 1.165) is 0 Å². The van der Waals surface area contributed by atoms with Gasteiger partial charge in [-0.2, -0.15) is 4.98 Å². The molecule has 31 heavy (non-hydrogen) atoms. The molecule has 0 atom stereocenters. The van der Waals surface area contributed by atoms with E-state index in [1.54, 1.807) is 36.5 Å².